The third-order valence-electron chi connectivity index (χ3n) is 4.31. The van der Waals surface area contributed by atoms with Gasteiger partial charge in [0.05, 0.1) is 5.56 Å². The van der Waals surface area contributed by atoms with E-state index in [4.69, 9.17) is 0 Å². The molecular formula is C16H22FNO. The summed E-state index contributed by atoms with van der Waals surface area (Å²) in [6.45, 7) is 3.87. The predicted molar refractivity (Wildman–Crippen MR) is 74.7 cm³/mol. The minimum absolute atomic E-state index is 0.194. The van der Waals surface area contributed by atoms with Crippen molar-refractivity contribution in [1.82, 2.24) is 4.90 Å². The van der Waals surface area contributed by atoms with Crippen LogP contribution < -0.4 is 0 Å². The average Bonchev–Trinajstić information content (AvgIpc) is 2.41. The number of carbonyl (C=O) groups excluding carboxylic acids is 1. The second kappa shape index (κ2) is 5.72. The summed E-state index contributed by atoms with van der Waals surface area (Å²) in [5, 5.41) is 0. The van der Waals surface area contributed by atoms with Crippen LogP contribution in [0.1, 0.15) is 48.5 Å². The third-order valence-corrected chi connectivity index (χ3v) is 4.31. The number of rotatable bonds is 2. The molecule has 2 unspecified atom stereocenters. The fourth-order valence-corrected chi connectivity index (χ4v) is 3.03. The molecule has 0 spiro atoms. The fourth-order valence-electron chi connectivity index (χ4n) is 3.03. The number of amides is 1. The zero-order valence-corrected chi connectivity index (χ0v) is 11.9. The summed E-state index contributed by atoms with van der Waals surface area (Å²) in [6, 6.07) is 5.24. The van der Waals surface area contributed by atoms with Crippen LogP contribution in [0.3, 0.4) is 0 Å². The van der Waals surface area contributed by atoms with Crippen LogP contribution >= 0.6 is 0 Å². The van der Waals surface area contributed by atoms with Crippen LogP contribution in [0.5, 0.6) is 0 Å². The second-order valence-electron chi connectivity index (χ2n) is 5.68. The molecule has 1 amide bonds. The molecule has 2 atom stereocenters. The molecule has 0 N–H and O–H groups in total. The summed E-state index contributed by atoms with van der Waals surface area (Å²) >= 11 is 0. The van der Waals surface area contributed by atoms with Crippen molar-refractivity contribution in [1.29, 1.82) is 0 Å². The van der Waals surface area contributed by atoms with E-state index in [1.54, 1.807) is 37.1 Å². The first-order valence-corrected chi connectivity index (χ1v) is 7.04. The lowest BCUT2D eigenvalue weighted by atomic mass is 9.85. The number of hydrogen-bond donors (Lipinski definition) is 0. The van der Waals surface area contributed by atoms with E-state index in [1.165, 1.54) is 6.42 Å². The van der Waals surface area contributed by atoms with E-state index in [0.717, 1.165) is 19.3 Å². The smallest absolute Gasteiger partial charge is 0.256 e. The van der Waals surface area contributed by atoms with Crippen LogP contribution in [0, 0.1) is 18.7 Å². The van der Waals surface area contributed by atoms with E-state index in [2.05, 4.69) is 6.92 Å². The molecule has 1 aliphatic carbocycles. The molecule has 0 bridgehead atoms. The molecule has 0 aromatic heterocycles. The lowest BCUT2D eigenvalue weighted by Crippen LogP contribution is -2.42. The number of hydrogen-bond acceptors (Lipinski definition) is 1. The maximum atomic E-state index is 14.0. The first kappa shape index (κ1) is 14.0. The van der Waals surface area contributed by atoms with Crippen LogP contribution in [0.25, 0.3) is 0 Å². The van der Waals surface area contributed by atoms with Crippen LogP contribution in [0.4, 0.5) is 4.39 Å². The zero-order valence-electron chi connectivity index (χ0n) is 11.9. The number of aryl methyl sites for hydroxylation is 1. The van der Waals surface area contributed by atoms with Crippen LogP contribution in [-0.2, 0) is 0 Å². The van der Waals surface area contributed by atoms with Crippen LogP contribution in [0.15, 0.2) is 18.2 Å². The van der Waals surface area contributed by atoms with E-state index >= 15 is 0 Å². The van der Waals surface area contributed by atoms with Crippen LogP contribution in [0.2, 0.25) is 0 Å². The Hall–Kier alpha value is -1.38. The van der Waals surface area contributed by atoms with Gasteiger partial charge in [0.1, 0.15) is 5.82 Å². The van der Waals surface area contributed by atoms with Gasteiger partial charge >= 0.3 is 0 Å². The van der Waals surface area contributed by atoms with Gasteiger partial charge in [-0.3, -0.25) is 4.79 Å². The Labute approximate surface area is 114 Å². The molecule has 2 nitrogen and oxygen atoms in total. The molecule has 19 heavy (non-hydrogen) atoms. The Balaban J connectivity index is 2.21. The monoisotopic (exact) mass is 263 g/mol. The van der Waals surface area contributed by atoms with Crippen molar-refractivity contribution in [2.45, 2.75) is 45.6 Å². The van der Waals surface area contributed by atoms with Gasteiger partial charge < -0.3 is 4.90 Å². The molecule has 0 saturated heterocycles. The minimum Gasteiger partial charge on any atom is -0.338 e. The zero-order chi connectivity index (χ0) is 14.0. The summed E-state index contributed by atoms with van der Waals surface area (Å²) in [7, 11) is 1.80. The number of halogens is 1. The van der Waals surface area contributed by atoms with E-state index in [-0.39, 0.29) is 23.3 Å². The highest BCUT2D eigenvalue weighted by atomic mass is 19.1. The molecule has 1 aliphatic rings. The summed E-state index contributed by atoms with van der Waals surface area (Å²) in [6.07, 6.45) is 4.57. The molecule has 0 aliphatic heterocycles. The van der Waals surface area contributed by atoms with Crippen molar-refractivity contribution in [2.24, 2.45) is 5.92 Å². The molecule has 3 heteroatoms. The first-order chi connectivity index (χ1) is 9.02. The molecule has 0 heterocycles. The topological polar surface area (TPSA) is 20.3 Å². The van der Waals surface area contributed by atoms with Gasteiger partial charge in [0.2, 0.25) is 0 Å². The SMILES string of the molecule is Cc1cccc(C(=O)N(C)C2CCCCC2C)c1F. The van der Waals surface area contributed by atoms with Gasteiger partial charge in [0.25, 0.3) is 5.91 Å². The molecule has 104 valence electrons. The summed E-state index contributed by atoms with van der Waals surface area (Å²) in [5.41, 5.74) is 0.719. The van der Waals surface area contributed by atoms with Gasteiger partial charge in [-0.15, -0.1) is 0 Å². The molecule has 0 radical (unpaired) electrons. The average molecular weight is 263 g/mol. The lowest BCUT2D eigenvalue weighted by Gasteiger charge is -2.36. The van der Waals surface area contributed by atoms with Gasteiger partial charge in [-0.1, -0.05) is 31.9 Å². The molecular weight excluding hydrogens is 241 g/mol. The minimum atomic E-state index is -0.386. The van der Waals surface area contributed by atoms with Crippen molar-refractivity contribution < 1.29 is 9.18 Å². The van der Waals surface area contributed by atoms with Gasteiger partial charge in [-0.25, -0.2) is 4.39 Å². The summed E-state index contributed by atoms with van der Waals surface area (Å²) < 4.78 is 14.0. The van der Waals surface area contributed by atoms with Gasteiger partial charge in [-0.05, 0) is 37.3 Å². The van der Waals surface area contributed by atoms with Crippen LogP contribution in [-0.4, -0.2) is 23.9 Å². The highest BCUT2D eigenvalue weighted by Gasteiger charge is 2.29. The van der Waals surface area contributed by atoms with Gasteiger partial charge in [-0.2, -0.15) is 0 Å². The number of nitrogens with zero attached hydrogens (tertiary/aromatic N) is 1. The second-order valence-corrected chi connectivity index (χ2v) is 5.68. The number of benzene rings is 1. The Bertz CT molecular complexity index is 472. The van der Waals surface area contributed by atoms with E-state index in [1.807, 2.05) is 0 Å². The van der Waals surface area contributed by atoms with Gasteiger partial charge in [0, 0.05) is 13.1 Å². The first-order valence-electron chi connectivity index (χ1n) is 7.04. The maximum absolute atomic E-state index is 14.0. The van der Waals surface area contributed by atoms with E-state index in [0.29, 0.717) is 11.5 Å². The molecule has 2 rings (SSSR count). The third kappa shape index (κ3) is 2.80. The normalized spacial score (nSPS) is 23.2. The molecule has 1 fully saturated rings. The summed E-state index contributed by atoms with van der Waals surface area (Å²) in [5.74, 6) is -0.0849. The Kier molecular flexibility index (Phi) is 4.23. The van der Waals surface area contributed by atoms with Crippen molar-refractivity contribution in [3.63, 3.8) is 0 Å². The molecule has 1 saturated carbocycles. The van der Waals surface area contributed by atoms with E-state index < -0.39 is 0 Å². The highest BCUT2D eigenvalue weighted by molar-refractivity contribution is 5.94. The molecule has 1 aromatic carbocycles. The Morgan fingerprint density at radius 3 is 2.68 bits per heavy atom. The van der Waals surface area contributed by atoms with Crippen molar-refractivity contribution in [2.75, 3.05) is 7.05 Å². The fraction of sp³-hybridized carbons (Fsp3) is 0.562. The largest absolute Gasteiger partial charge is 0.338 e. The lowest BCUT2D eigenvalue weighted by molar-refractivity contribution is 0.0624. The van der Waals surface area contributed by atoms with Crippen molar-refractivity contribution in [3.05, 3.63) is 35.1 Å². The van der Waals surface area contributed by atoms with E-state index in [9.17, 15) is 9.18 Å². The van der Waals surface area contributed by atoms with Gasteiger partial charge in [0.15, 0.2) is 0 Å². The highest BCUT2D eigenvalue weighted by Crippen LogP contribution is 2.28. The Morgan fingerprint density at radius 2 is 2.00 bits per heavy atom. The summed E-state index contributed by atoms with van der Waals surface area (Å²) in [4.78, 5) is 14.2. The standard InChI is InChI=1S/C16H22FNO/c1-11-7-4-5-10-14(11)18(3)16(19)13-9-6-8-12(2)15(13)17/h6,8-9,11,14H,4-5,7,10H2,1-3H3. The quantitative estimate of drug-likeness (QED) is 0.795. The molecule has 1 aromatic rings. The Morgan fingerprint density at radius 1 is 1.32 bits per heavy atom. The van der Waals surface area contributed by atoms with Crippen molar-refractivity contribution >= 4 is 5.91 Å². The number of carbonyl (C=O) groups is 1. The van der Waals surface area contributed by atoms with Crippen molar-refractivity contribution in [3.8, 4) is 0 Å². The maximum Gasteiger partial charge on any atom is 0.256 e. The predicted octanol–water partition coefficient (Wildman–Crippen LogP) is 3.78.